The number of rotatable bonds is 2. The van der Waals surface area contributed by atoms with Crippen molar-refractivity contribution in [3.8, 4) is 0 Å². The van der Waals surface area contributed by atoms with Crippen LogP contribution in [0.1, 0.15) is 63.4 Å². The number of nitrogens with zero attached hydrogens (tertiary/aromatic N) is 1. The zero-order chi connectivity index (χ0) is 20.3. The molecule has 1 aromatic rings. The van der Waals surface area contributed by atoms with Gasteiger partial charge in [-0.25, -0.2) is 0 Å². The van der Waals surface area contributed by atoms with Crippen molar-refractivity contribution in [2.75, 3.05) is 19.0 Å². The Hall–Kier alpha value is -1.87. The number of ketones is 1. The maximum absolute atomic E-state index is 12.1. The van der Waals surface area contributed by atoms with E-state index in [1.807, 2.05) is 6.08 Å². The molecule has 5 atom stereocenters. The Bertz CT molecular complexity index is 894. The van der Waals surface area contributed by atoms with Crippen LogP contribution in [-0.2, 0) is 4.79 Å². The summed E-state index contributed by atoms with van der Waals surface area (Å²) < 4.78 is 0. The fourth-order valence-electron chi connectivity index (χ4n) is 6.94. The van der Waals surface area contributed by atoms with E-state index in [-0.39, 0.29) is 11.5 Å². The number of carbonyl (C=O) groups is 1. The summed E-state index contributed by atoms with van der Waals surface area (Å²) in [5.41, 5.74) is 7.02. The summed E-state index contributed by atoms with van der Waals surface area (Å²) in [6.07, 6.45) is 8.59. The molecule has 1 N–H and O–H groups in total. The maximum Gasteiger partial charge on any atom is 0.156 e. The molecule has 0 bridgehead atoms. The van der Waals surface area contributed by atoms with Crippen molar-refractivity contribution in [3.05, 3.63) is 52.6 Å². The third-order valence-electron chi connectivity index (χ3n) is 8.49. The minimum atomic E-state index is -0.188. The van der Waals surface area contributed by atoms with Crippen LogP contribution in [-0.4, -0.2) is 31.1 Å². The second-order valence-corrected chi connectivity index (χ2v) is 10.2. The highest BCUT2D eigenvalue weighted by atomic mass is 16.3. The number of fused-ring (bicyclic) bond motifs is 4. The van der Waals surface area contributed by atoms with E-state index in [4.69, 9.17) is 0 Å². The van der Waals surface area contributed by atoms with Crippen molar-refractivity contribution in [1.29, 1.82) is 0 Å². The van der Waals surface area contributed by atoms with E-state index < -0.39 is 0 Å². The van der Waals surface area contributed by atoms with Gasteiger partial charge < -0.3 is 10.0 Å². The zero-order valence-corrected chi connectivity index (χ0v) is 17.9. The van der Waals surface area contributed by atoms with Crippen molar-refractivity contribution in [1.82, 2.24) is 0 Å². The molecule has 0 saturated heterocycles. The van der Waals surface area contributed by atoms with E-state index >= 15 is 0 Å². The average Bonchev–Trinajstić information content (AvgIpc) is 3.01. The van der Waals surface area contributed by atoms with E-state index in [0.717, 1.165) is 38.5 Å². The molecule has 1 aromatic carbocycles. The Balaban J connectivity index is 1.64. The lowest BCUT2D eigenvalue weighted by atomic mass is 9.53. The Morgan fingerprint density at radius 1 is 1.03 bits per heavy atom. The molecule has 154 valence electrons. The van der Waals surface area contributed by atoms with Crippen LogP contribution in [0, 0.1) is 17.3 Å². The Labute approximate surface area is 174 Å². The Kier molecular flexibility index (Phi) is 4.51. The predicted octanol–water partition coefficient (Wildman–Crippen LogP) is 5.01. The number of anilines is 1. The van der Waals surface area contributed by atoms with E-state index in [2.05, 4.69) is 50.2 Å². The number of hydrogen-bond acceptors (Lipinski definition) is 3. The smallest absolute Gasteiger partial charge is 0.156 e. The Morgan fingerprint density at radius 3 is 2.52 bits per heavy atom. The summed E-state index contributed by atoms with van der Waals surface area (Å²) in [6.45, 7) is 2.34. The third kappa shape index (κ3) is 2.92. The molecular weight excluding hydrogens is 358 g/mol. The first-order valence-electron chi connectivity index (χ1n) is 11.3. The van der Waals surface area contributed by atoms with Crippen LogP contribution in [0.25, 0.3) is 0 Å². The first-order valence-corrected chi connectivity index (χ1v) is 11.3. The van der Waals surface area contributed by atoms with Gasteiger partial charge in [-0.05, 0) is 90.7 Å². The summed E-state index contributed by atoms with van der Waals surface area (Å²) in [6, 6.07) is 9.03. The number of hydrogen-bond donors (Lipinski definition) is 1. The molecule has 4 aliphatic carbocycles. The van der Waals surface area contributed by atoms with Gasteiger partial charge in [0, 0.05) is 32.1 Å². The molecule has 0 unspecified atom stereocenters. The van der Waals surface area contributed by atoms with Crippen LogP contribution >= 0.6 is 0 Å². The maximum atomic E-state index is 12.1. The second-order valence-electron chi connectivity index (χ2n) is 10.2. The lowest BCUT2D eigenvalue weighted by Crippen LogP contribution is -2.45. The molecule has 2 fully saturated rings. The normalized spacial score (nSPS) is 36.3. The molecule has 29 heavy (non-hydrogen) atoms. The van der Waals surface area contributed by atoms with Crippen LogP contribution < -0.4 is 4.90 Å². The van der Waals surface area contributed by atoms with E-state index in [9.17, 15) is 9.90 Å². The van der Waals surface area contributed by atoms with Crippen molar-refractivity contribution in [3.63, 3.8) is 0 Å². The lowest BCUT2D eigenvalue weighted by Gasteiger charge is -2.52. The molecule has 2 saturated carbocycles. The average molecular weight is 392 g/mol. The van der Waals surface area contributed by atoms with Crippen LogP contribution in [0.5, 0.6) is 0 Å². The molecule has 4 aliphatic rings. The molecule has 3 nitrogen and oxygen atoms in total. The van der Waals surface area contributed by atoms with Gasteiger partial charge in [0.15, 0.2) is 5.78 Å². The highest BCUT2D eigenvalue weighted by molar-refractivity contribution is 5.93. The summed E-state index contributed by atoms with van der Waals surface area (Å²) in [5.74, 6) is 1.80. The molecule has 0 aliphatic heterocycles. The highest BCUT2D eigenvalue weighted by Crippen LogP contribution is 2.63. The SMILES string of the molecule is CN(C)c1ccc([C@H]2C[C@]3(C)[C@H](O)CC[C@H]3[C@@H]3CCC4=CC(=O)CCC4=C32)cc1. The van der Waals surface area contributed by atoms with E-state index in [0.29, 0.717) is 30.0 Å². The number of carbonyl (C=O) groups excluding carboxylic acids is 1. The third-order valence-corrected chi connectivity index (χ3v) is 8.49. The monoisotopic (exact) mass is 391 g/mol. The first kappa shape index (κ1) is 19.1. The molecular formula is C26H33NO2. The van der Waals surface area contributed by atoms with Gasteiger partial charge in [0.1, 0.15) is 0 Å². The first-order chi connectivity index (χ1) is 13.9. The number of benzene rings is 1. The topological polar surface area (TPSA) is 40.5 Å². The van der Waals surface area contributed by atoms with Gasteiger partial charge >= 0.3 is 0 Å². The summed E-state index contributed by atoms with van der Waals surface area (Å²) >= 11 is 0. The highest BCUT2D eigenvalue weighted by Gasteiger charge is 2.56. The van der Waals surface area contributed by atoms with Gasteiger partial charge in [-0.3, -0.25) is 4.79 Å². The minimum Gasteiger partial charge on any atom is -0.393 e. The summed E-state index contributed by atoms with van der Waals surface area (Å²) in [4.78, 5) is 14.2. The fourth-order valence-corrected chi connectivity index (χ4v) is 6.94. The molecule has 0 amide bonds. The molecule has 0 spiro atoms. The van der Waals surface area contributed by atoms with Gasteiger partial charge in [0.25, 0.3) is 0 Å². The molecule has 0 radical (unpaired) electrons. The molecule has 5 rings (SSSR count). The van der Waals surface area contributed by atoms with E-state index in [1.54, 1.807) is 5.57 Å². The Morgan fingerprint density at radius 2 is 1.79 bits per heavy atom. The van der Waals surface area contributed by atoms with Crippen molar-refractivity contribution in [2.24, 2.45) is 17.3 Å². The van der Waals surface area contributed by atoms with Crippen molar-refractivity contribution in [2.45, 2.75) is 63.9 Å². The van der Waals surface area contributed by atoms with Gasteiger partial charge in [0.05, 0.1) is 6.10 Å². The predicted molar refractivity (Wildman–Crippen MR) is 117 cm³/mol. The number of allylic oxidation sites excluding steroid dienone is 4. The van der Waals surface area contributed by atoms with Crippen LogP contribution in [0.2, 0.25) is 0 Å². The lowest BCUT2D eigenvalue weighted by molar-refractivity contribution is -0.114. The minimum absolute atomic E-state index is 0.00527. The second kappa shape index (κ2) is 6.84. The van der Waals surface area contributed by atoms with E-state index in [1.165, 1.54) is 22.4 Å². The van der Waals surface area contributed by atoms with Crippen LogP contribution in [0.3, 0.4) is 0 Å². The summed E-state index contributed by atoms with van der Waals surface area (Å²) in [7, 11) is 4.15. The number of aliphatic hydroxyl groups is 1. The van der Waals surface area contributed by atoms with Gasteiger partial charge in [-0.2, -0.15) is 0 Å². The molecule has 0 heterocycles. The summed E-state index contributed by atoms with van der Waals surface area (Å²) in [5, 5.41) is 10.9. The van der Waals surface area contributed by atoms with Crippen molar-refractivity contribution < 1.29 is 9.90 Å². The number of aliphatic hydroxyl groups excluding tert-OH is 1. The largest absolute Gasteiger partial charge is 0.393 e. The van der Waals surface area contributed by atoms with Gasteiger partial charge in [0.2, 0.25) is 0 Å². The van der Waals surface area contributed by atoms with Gasteiger partial charge in [-0.1, -0.05) is 24.6 Å². The fraction of sp³-hybridized carbons (Fsp3) is 0.577. The standard InChI is InChI=1S/C26H33NO2/c1-26-15-22(16-4-7-18(8-5-16)27(2)3)25-20-11-9-19(28)14-17(20)6-10-21(25)23(26)12-13-24(26)29/h4-5,7-8,14,21-24,29H,6,9-13,15H2,1-3H3/t21-,22+,23-,24+,26-/m0/s1. The molecule has 3 heteroatoms. The quantitative estimate of drug-likeness (QED) is 0.770. The van der Waals surface area contributed by atoms with Crippen LogP contribution in [0.15, 0.2) is 47.1 Å². The van der Waals surface area contributed by atoms with Crippen molar-refractivity contribution >= 4 is 11.5 Å². The molecule has 0 aromatic heterocycles. The zero-order valence-electron chi connectivity index (χ0n) is 17.9. The van der Waals surface area contributed by atoms with Gasteiger partial charge in [-0.15, -0.1) is 0 Å². The van der Waals surface area contributed by atoms with Crippen LogP contribution in [0.4, 0.5) is 5.69 Å².